The van der Waals surface area contributed by atoms with Crippen LogP contribution in [-0.2, 0) is 45.3 Å². The Hall–Kier alpha value is -0.307. The Morgan fingerprint density at radius 1 is 1.18 bits per heavy atom. The maximum atomic E-state index is 10.4. The van der Waals surface area contributed by atoms with Crippen molar-refractivity contribution in [3.8, 4) is 0 Å². The van der Waals surface area contributed by atoms with E-state index in [2.05, 4.69) is 4.74 Å². The summed E-state index contributed by atoms with van der Waals surface area (Å²) in [5, 5.41) is 0. The molecule has 0 amide bonds. The normalized spacial score (nSPS) is 7.82. The molecule has 0 radical (unpaired) electrons. The Morgan fingerprint density at radius 2 is 1.64 bits per heavy atom. The summed E-state index contributed by atoms with van der Waals surface area (Å²) in [6.07, 6.45) is -0.334. The van der Waals surface area contributed by atoms with Gasteiger partial charge in [0.15, 0.2) is 0 Å². The topological polar surface area (TPSA) is 60.4 Å². The molecule has 0 atom stereocenters. The molecular formula is C6H8O4Zr. The van der Waals surface area contributed by atoms with Crippen LogP contribution in [0.4, 0.5) is 0 Å². The van der Waals surface area contributed by atoms with Gasteiger partial charge >= 0.3 is 11.9 Å². The molecule has 0 aliphatic rings. The molecule has 0 rings (SSSR count). The summed E-state index contributed by atoms with van der Waals surface area (Å²) in [7, 11) is 0. The van der Waals surface area contributed by atoms with E-state index < -0.39 is 11.9 Å². The standard InChI is InChI=1S/C6H8O4.Zr/c1-4(7)3-6(9)10-5(2)8;/h3H2,1-2H3;. The first-order valence-corrected chi connectivity index (χ1v) is 2.73. The third-order valence-electron chi connectivity index (χ3n) is 0.651. The number of esters is 2. The van der Waals surface area contributed by atoms with Gasteiger partial charge in [-0.2, -0.15) is 0 Å². The van der Waals surface area contributed by atoms with Crippen molar-refractivity contribution in [2.75, 3.05) is 0 Å². The fraction of sp³-hybridized carbons (Fsp3) is 0.500. The predicted octanol–water partition coefficient (Wildman–Crippen LogP) is 0.0527. The number of carbonyl (C=O) groups excluding carboxylic acids is 3. The van der Waals surface area contributed by atoms with E-state index in [1.807, 2.05) is 0 Å². The van der Waals surface area contributed by atoms with Gasteiger partial charge in [0.25, 0.3) is 0 Å². The average molecular weight is 235 g/mol. The van der Waals surface area contributed by atoms with Crippen molar-refractivity contribution < 1.29 is 45.3 Å². The number of rotatable bonds is 2. The summed E-state index contributed by atoms with van der Waals surface area (Å²) in [5.74, 6) is -1.79. The molecule has 0 aromatic carbocycles. The molecular weight excluding hydrogens is 227 g/mol. The molecule has 0 N–H and O–H groups in total. The van der Waals surface area contributed by atoms with E-state index in [4.69, 9.17) is 0 Å². The van der Waals surface area contributed by atoms with Crippen molar-refractivity contribution in [3.63, 3.8) is 0 Å². The van der Waals surface area contributed by atoms with Crippen molar-refractivity contribution in [2.45, 2.75) is 20.3 Å². The van der Waals surface area contributed by atoms with Gasteiger partial charge in [0.2, 0.25) is 0 Å². The van der Waals surface area contributed by atoms with Crippen molar-refractivity contribution in [3.05, 3.63) is 0 Å². The minimum Gasteiger partial charge on any atom is -0.393 e. The number of hydrogen-bond acceptors (Lipinski definition) is 4. The van der Waals surface area contributed by atoms with Crippen LogP contribution in [0.3, 0.4) is 0 Å². The van der Waals surface area contributed by atoms with E-state index in [0.717, 1.165) is 6.92 Å². The van der Waals surface area contributed by atoms with E-state index in [0.29, 0.717) is 0 Å². The van der Waals surface area contributed by atoms with Crippen LogP contribution in [-0.4, -0.2) is 17.7 Å². The van der Waals surface area contributed by atoms with Gasteiger partial charge in [-0.3, -0.25) is 14.4 Å². The predicted molar refractivity (Wildman–Crippen MR) is 32.1 cm³/mol. The first-order chi connectivity index (χ1) is 4.52. The maximum absolute atomic E-state index is 10.4. The van der Waals surface area contributed by atoms with E-state index in [1.165, 1.54) is 6.92 Å². The van der Waals surface area contributed by atoms with Gasteiger partial charge in [-0.05, 0) is 6.92 Å². The number of Topliss-reactive ketones (excluding diaryl/α,β-unsaturated/α-hetero) is 1. The first kappa shape index (κ1) is 13.3. The van der Waals surface area contributed by atoms with Crippen LogP contribution in [0.2, 0.25) is 0 Å². The molecule has 0 saturated heterocycles. The molecule has 0 fully saturated rings. The zero-order chi connectivity index (χ0) is 8.15. The van der Waals surface area contributed by atoms with Gasteiger partial charge in [-0.25, -0.2) is 0 Å². The minimum atomic E-state index is -0.792. The SMILES string of the molecule is CC(=O)CC(=O)OC(C)=O.[Zr]. The molecule has 0 saturated carbocycles. The largest absolute Gasteiger partial charge is 0.393 e. The molecule has 0 bridgehead atoms. The average Bonchev–Trinajstić information content (AvgIpc) is 1.58. The Labute approximate surface area is 83.4 Å². The molecule has 0 aliphatic heterocycles. The van der Waals surface area contributed by atoms with Gasteiger partial charge < -0.3 is 4.74 Å². The number of ether oxygens (including phenoxy) is 1. The quantitative estimate of drug-likeness (QED) is 0.501. The molecule has 60 valence electrons. The van der Waals surface area contributed by atoms with Gasteiger partial charge in [-0.15, -0.1) is 0 Å². The van der Waals surface area contributed by atoms with Gasteiger partial charge in [-0.1, -0.05) is 0 Å². The fourth-order valence-electron chi connectivity index (χ4n) is 0.400. The van der Waals surface area contributed by atoms with Crippen molar-refractivity contribution >= 4 is 17.7 Å². The maximum Gasteiger partial charge on any atom is 0.320 e. The summed E-state index contributed by atoms with van der Waals surface area (Å²) < 4.78 is 4.06. The van der Waals surface area contributed by atoms with Crippen molar-refractivity contribution in [1.82, 2.24) is 0 Å². The Morgan fingerprint density at radius 3 is 1.91 bits per heavy atom. The van der Waals surface area contributed by atoms with E-state index in [-0.39, 0.29) is 38.4 Å². The molecule has 0 aromatic heterocycles. The third kappa shape index (κ3) is 9.69. The number of carbonyl (C=O) groups is 3. The smallest absolute Gasteiger partial charge is 0.320 e. The van der Waals surface area contributed by atoms with E-state index >= 15 is 0 Å². The Kier molecular flexibility index (Phi) is 7.74. The van der Waals surface area contributed by atoms with Gasteiger partial charge in [0.05, 0.1) is 0 Å². The molecule has 0 spiro atoms. The monoisotopic (exact) mass is 234 g/mol. The molecule has 5 heteroatoms. The molecule has 0 aromatic rings. The molecule has 0 aliphatic carbocycles. The summed E-state index contributed by atoms with van der Waals surface area (Å²) in [5.41, 5.74) is 0. The second-order valence-electron chi connectivity index (χ2n) is 1.84. The fourth-order valence-corrected chi connectivity index (χ4v) is 0.400. The van der Waals surface area contributed by atoms with Crippen LogP contribution < -0.4 is 0 Å². The Balaban J connectivity index is 0. The zero-order valence-electron chi connectivity index (χ0n) is 6.34. The third-order valence-corrected chi connectivity index (χ3v) is 0.651. The zero-order valence-corrected chi connectivity index (χ0v) is 8.80. The van der Waals surface area contributed by atoms with Crippen LogP contribution in [0.5, 0.6) is 0 Å². The van der Waals surface area contributed by atoms with Crippen LogP contribution in [0.1, 0.15) is 20.3 Å². The molecule has 4 nitrogen and oxygen atoms in total. The Bertz CT molecular complexity index is 157. The van der Waals surface area contributed by atoms with Crippen LogP contribution >= 0.6 is 0 Å². The molecule has 11 heavy (non-hydrogen) atoms. The van der Waals surface area contributed by atoms with Gasteiger partial charge in [0.1, 0.15) is 12.2 Å². The number of ketones is 1. The number of hydrogen-bond donors (Lipinski definition) is 0. The van der Waals surface area contributed by atoms with E-state index in [1.54, 1.807) is 0 Å². The van der Waals surface area contributed by atoms with Crippen LogP contribution in [0.15, 0.2) is 0 Å². The van der Waals surface area contributed by atoms with Crippen LogP contribution in [0.25, 0.3) is 0 Å². The van der Waals surface area contributed by atoms with Crippen LogP contribution in [0, 0.1) is 0 Å². The summed E-state index contributed by atoms with van der Waals surface area (Å²) in [6, 6.07) is 0. The second-order valence-corrected chi connectivity index (χ2v) is 1.84. The van der Waals surface area contributed by atoms with E-state index in [9.17, 15) is 14.4 Å². The summed E-state index contributed by atoms with van der Waals surface area (Å²) in [4.78, 5) is 30.7. The van der Waals surface area contributed by atoms with Gasteiger partial charge in [0, 0.05) is 33.1 Å². The summed E-state index contributed by atoms with van der Waals surface area (Å²) in [6.45, 7) is 2.36. The molecule has 0 unspecified atom stereocenters. The first-order valence-electron chi connectivity index (χ1n) is 2.73. The van der Waals surface area contributed by atoms with Crippen molar-refractivity contribution in [2.24, 2.45) is 0 Å². The van der Waals surface area contributed by atoms with Crippen molar-refractivity contribution in [1.29, 1.82) is 0 Å². The second kappa shape index (κ2) is 6.41. The minimum absolute atomic E-state index is 0. The summed E-state index contributed by atoms with van der Waals surface area (Å²) >= 11 is 0. The molecule has 0 heterocycles.